The number of carbonyl (C=O) groups is 3. The Morgan fingerprint density at radius 1 is 0.927 bits per heavy atom. The maximum atomic E-state index is 14.0. The predicted molar refractivity (Wildman–Crippen MR) is 144 cm³/mol. The first-order valence-electron chi connectivity index (χ1n) is 12.7. The molecular weight excluding hydrogens is 554 g/mol. The number of carboxylic acid groups (broad SMARTS) is 1. The number of fused-ring (bicyclic) bond motifs is 7. The van der Waals surface area contributed by atoms with Gasteiger partial charge >= 0.3 is 5.97 Å². The minimum Gasteiger partial charge on any atom is -0.507 e. The summed E-state index contributed by atoms with van der Waals surface area (Å²) >= 11 is 7.57. The van der Waals surface area contributed by atoms with E-state index < -0.39 is 79.8 Å². The quantitative estimate of drug-likeness (QED) is 0.153. The minimum absolute atomic E-state index is 0.0101. The van der Waals surface area contributed by atoms with E-state index in [-0.39, 0.29) is 28.1 Å². The number of alkyl halides is 1. The highest BCUT2D eigenvalue weighted by Crippen LogP contribution is 2.72. The van der Waals surface area contributed by atoms with Gasteiger partial charge in [0.15, 0.2) is 0 Å². The number of carboxylic acids is 1. The molecule has 3 aromatic rings. The highest BCUT2D eigenvalue weighted by atomic mass is 35.5. The van der Waals surface area contributed by atoms with Crippen LogP contribution in [0.3, 0.4) is 0 Å². The molecule has 3 aliphatic carbocycles. The Morgan fingerprint density at radius 2 is 1.49 bits per heavy atom. The number of hydrogen-bond donors (Lipinski definition) is 6. The van der Waals surface area contributed by atoms with Crippen molar-refractivity contribution in [3.05, 3.63) is 92.7 Å². The molecule has 0 saturated carbocycles. The second-order valence-electron chi connectivity index (χ2n) is 10.8. The summed E-state index contributed by atoms with van der Waals surface area (Å²) in [7, 11) is 1.31. The molecule has 1 aliphatic heterocycles. The zero-order chi connectivity index (χ0) is 29.3. The average molecular weight is 576 g/mol. The Morgan fingerprint density at radius 3 is 2.07 bits per heavy atom. The normalized spacial score (nSPS) is 28.6. The summed E-state index contributed by atoms with van der Waals surface area (Å²) in [5.41, 5.74) is -2.53. The average Bonchev–Trinajstić information content (AvgIpc) is 2.93. The third-order valence-electron chi connectivity index (χ3n) is 9.17. The maximum absolute atomic E-state index is 14.0. The van der Waals surface area contributed by atoms with Crippen LogP contribution in [0.5, 0.6) is 17.2 Å². The topological polar surface area (TPSA) is 174 Å². The van der Waals surface area contributed by atoms with Crippen LogP contribution in [-0.4, -0.2) is 55.8 Å². The van der Waals surface area contributed by atoms with E-state index in [9.17, 15) is 39.9 Å². The second kappa shape index (κ2) is 7.80. The number of halogens is 1. The molecule has 3 aromatic carbocycles. The molecule has 0 radical (unpaired) electrons. The van der Waals surface area contributed by atoms with Crippen LogP contribution < -0.4 is 5.32 Å². The molecule has 0 unspecified atom stereocenters. The number of methoxy groups -OCH3 is 1. The number of hydrogen-bond acceptors (Lipinski definition) is 9. The monoisotopic (exact) mass is 575 g/mol. The summed E-state index contributed by atoms with van der Waals surface area (Å²) < 4.78 is 5.69. The van der Waals surface area contributed by atoms with E-state index in [1.54, 1.807) is 24.3 Å². The zero-order valence-corrected chi connectivity index (χ0v) is 22.3. The van der Waals surface area contributed by atoms with Crippen molar-refractivity contribution in [3.8, 4) is 17.2 Å². The molecule has 11 heteroatoms. The lowest BCUT2D eigenvalue weighted by molar-refractivity contribution is -0.139. The number of nitrogens with one attached hydrogen (secondary N) is 1. The number of ketones is 2. The molecule has 0 spiro atoms. The fourth-order valence-corrected chi connectivity index (χ4v) is 8.12. The molecule has 1 heterocycles. The molecule has 0 saturated heterocycles. The van der Waals surface area contributed by atoms with Gasteiger partial charge in [-0.15, -0.1) is 11.6 Å². The molecule has 4 bridgehead atoms. The lowest BCUT2D eigenvalue weighted by Crippen LogP contribution is -2.68. The van der Waals surface area contributed by atoms with Crippen LogP contribution >= 0.6 is 11.6 Å². The van der Waals surface area contributed by atoms with E-state index in [0.29, 0.717) is 11.1 Å². The van der Waals surface area contributed by atoms with Gasteiger partial charge in [0.1, 0.15) is 33.5 Å². The number of aliphatic carboxylic acids is 1. The molecule has 41 heavy (non-hydrogen) atoms. The second-order valence-corrected chi connectivity index (χ2v) is 11.4. The van der Waals surface area contributed by atoms with E-state index in [1.807, 2.05) is 0 Å². The van der Waals surface area contributed by atoms with E-state index in [1.165, 1.54) is 20.1 Å². The van der Waals surface area contributed by atoms with Gasteiger partial charge in [-0.1, -0.05) is 31.2 Å². The van der Waals surface area contributed by atoms with E-state index >= 15 is 0 Å². The van der Waals surface area contributed by atoms with Crippen molar-refractivity contribution in [2.24, 2.45) is 5.92 Å². The molecular formula is C30H22ClNO9. The molecule has 10 nitrogen and oxygen atoms in total. The van der Waals surface area contributed by atoms with Crippen LogP contribution in [-0.2, 0) is 14.4 Å². The summed E-state index contributed by atoms with van der Waals surface area (Å²) in [6.07, 6.45) is 0. The summed E-state index contributed by atoms with van der Waals surface area (Å²) in [6, 6.07) is 9.24. The first-order valence-corrected chi connectivity index (χ1v) is 13.1. The Bertz CT molecular complexity index is 1830. The molecule has 7 rings (SSSR count). The van der Waals surface area contributed by atoms with Crippen LogP contribution in [0.4, 0.5) is 5.69 Å². The van der Waals surface area contributed by atoms with Gasteiger partial charge in [-0.05, 0) is 29.3 Å². The number of anilines is 1. The van der Waals surface area contributed by atoms with Crippen LogP contribution in [0.2, 0.25) is 0 Å². The Labute approximate surface area is 237 Å². The van der Waals surface area contributed by atoms with Crippen molar-refractivity contribution in [2.45, 2.75) is 29.4 Å². The SMILES string of the molecule is COC1=C(C(=O)O)[C@H](C)[C@]2(O)[C@H]3Nc4c(cc(O)c5c4C(=O)c4c(O)ccc(O)c4C5=O)[C@]2(Cl)[C@@H]1c1ccccc13. The molecule has 6 N–H and O–H groups in total. The summed E-state index contributed by atoms with van der Waals surface area (Å²) in [4.78, 5) is 38.2. The van der Waals surface area contributed by atoms with Crippen LogP contribution in [0.25, 0.3) is 0 Å². The predicted octanol–water partition coefficient (Wildman–Crippen LogP) is 3.64. The van der Waals surface area contributed by atoms with Crippen molar-refractivity contribution in [3.63, 3.8) is 0 Å². The smallest absolute Gasteiger partial charge is 0.335 e. The number of benzene rings is 3. The first-order chi connectivity index (χ1) is 19.4. The van der Waals surface area contributed by atoms with E-state index in [2.05, 4.69) is 5.32 Å². The molecule has 4 aliphatic rings. The van der Waals surface area contributed by atoms with E-state index in [4.69, 9.17) is 16.3 Å². The lowest BCUT2D eigenvalue weighted by atomic mass is 9.50. The zero-order valence-electron chi connectivity index (χ0n) is 21.5. The van der Waals surface area contributed by atoms with E-state index in [0.717, 1.165) is 12.1 Å². The van der Waals surface area contributed by atoms with Crippen molar-refractivity contribution >= 4 is 34.8 Å². The standard InChI is InChI=1S/C30H22ClNO9/c1-10-17(28(38)39)26(41-2)22-11-5-3-4-6-12(11)27-30(10,40)29(22,31)13-9-16(35)20-21(23(13)32-27)25(37)19-15(34)8-7-14(33)18(19)24(20)36/h3-10,22,27,32-35,40H,1-2H3,(H,38,39)/t10-,22+,27-,29-,30-/m0/s1. The highest BCUT2D eigenvalue weighted by Gasteiger charge is 2.73. The number of phenolic OH excluding ortho intramolecular Hbond substituents is 3. The summed E-state index contributed by atoms with van der Waals surface area (Å²) in [5, 5.41) is 58.2. The number of ether oxygens (including phenoxy) is 1. The molecule has 0 amide bonds. The fraction of sp³-hybridized carbons (Fsp3) is 0.233. The van der Waals surface area contributed by atoms with Crippen LogP contribution in [0.1, 0.15) is 67.4 Å². The maximum Gasteiger partial charge on any atom is 0.335 e. The van der Waals surface area contributed by atoms with Gasteiger partial charge in [-0.3, -0.25) is 9.59 Å². The van der Waals surface area contributed by atoms with Gasteiger partial charge in [-0.25, -0.2) is 4.79 Å². The number of carbonyl (C=O) groups excluding carboxylic acids is 2. The number of rotatable bonds is 2. The number of phenols is 3. The van der Waals surface area contributed by atoms with Crippen molar-refractivity contribution in [2.75, 3.05) is 12.4 Å². The molecule has 0 fully saturated rings. The fourth-order valence-electron chi connectivity index (χ4n) is 7.48. The molecule has 208 valence electrons. The summed E-state index contributed by atoms with van der Waals surface area (Å²) in [6.45, 7) is 1.52. The Hall–Kier alpha value is -4.54. The van der Waals surface area contributed by atoms with Gasteiger partial charge in [0.2, 0.25) is 11.6 Å². The highest BCUT2D eigenvalue weighted by molar-refractivity contribution is 6.34. The van der Waals surface area contributed by atoms with Gasteiger partial charge in [-0.2, -0.15) is 0 Å². The first kappa shape index (κ1) is 25.4. The number of aromatic hydroxyl groups is 3. The van der Waals surface area contributed by atoms with Crippen molar-refractivity contribution in [1.29, 1.82) is 0 Å². The number of aliphatic hydroxyl groups is 1. The third kappa shape index (κ3) is 2.65. The Balaban J connectivity index is 1.62. The van der Waals surface area contributed by atoms with Gasteiger partial charge in [0.05, 0.1) is 52.6 Å². The molecule has 0 aromatic heterocycles. The molecule has 5 atom stereocenters. The van der Waals surface area contributed by atoms with Gasteiger partial charge < -0.3 is 35.6 Å². The van der Waals surface area contributed by atoms with Crippen LogP contribution in [0.15, 0.2) is 53.8 Å². The summed E-state index contributed by atoms with van der Waals surface area (Å²) in [5.74, 6) is -6.93. The Kier molecular flexibility index (Phi) is 4.84. The van der Waals surface area contributed by atoms with Crippen LogP contribution in [0, 0.1) is 5.92 Å². The van der Waals surface area contributed by atoms with Gasteiger partial charge in [0, 0.05) is 11.5 Å². The van der Waals surface area contributed by atoms with Crippen molar-refractivity contribution in [1.82, 2.24) is 0 Å². The largest absolute Gasteiger partial charge is 0.507 e. The van der Waals surface area contributed by atoms with Crippen molar-refractivity contribution < 1.29 is 44.7 Å². The third-order valence-corrected chi connectivity index (χ3v) is 9.89. The van der Waals surface area contributed by atoms with Gasteiger partial charge in [0.25, 0.3) is 0 Å². The minimum atomic E-state index is -2.03. The lowest BCUT2D eigenvalue weighted by Gasteiger charge is -2.63. The number of allylic oxidation sites excluding steroid dienone is 1.